The molecule has 0 bridgehead atoms. The lowest BCUT2D eigenvalue weighted by Crippen LogP contribution is -2.21. The lowest BCUT2D eigenvalue weighted by molar-refractivity contribution is 0.0956. The van der Waals surface area contributed by atoms with Crippen molar-refractivity contribution >= 4 is 22.5 Å². The second kappa shape index (κ2) is 6.04. The number of fused-ring (bicyclic) bond motifs is 1. The molecular formula is C17H15N3O4. The number of hydrazone groups is 1. The molecule has 1 aromatic carbocycles. The Labute approximate surface area is 136 Å². The summed E-state index contributed by atoms with van der Waals surface area (Å²) in [6, 6.07) is 8.68. The van der Waals surface area contributed by atoms with Gasteiger partial charge >= 0.3 is 5.63 Å². The van der Waals surface area contributed by atoms with Crippen LogP contribution in [0.4, 0.5) is 0 Å². The maximum Gasteiger partial charge on any atom is 0.348 e. The molecule has 122 valence electrons. The number of nitrogens with zero attached hydrogens (tertiary/aromatic N) is 1. The number of hydrogen-bond acceptors (Lipinski definition) is 5. The van der Waals surface area contributed by atoms with Crippen LogP contribution in [0.1, 0.15) is 28.6 Å². The van der Waals surface area contributed by atoms with Crippen LogP contribution in [0, 0.1) is 6.92 Å². The molecule has 24 heavy (non-hydrogen) atoms. The van der Waals surface area contributed by atoms with E-state index in [1.807, 2.05) is 24.3 Å². The zero-order chi connectivity index (χ0) is 17.3. The summed E-state index contributed by atoms with van der Waals surface area (Å²) in [7, 11) is 0. The standard InChI is InChI=1S/C17H15N3O4/c1-9-7-14(21)15(17(23)24-9)10(2)19-20-16(22)12-8-18-13-6-4-3-5-11(12)13/h3-8,18,21H,1-2H3,(H,20,22). The first kappa shape index (κ1) is 15.5. The van der Waals surface area contributed by atoms with Gasteiger partial charge < -0.3 is 14.5 Å². The van der Waals surface area contributed by atoms with Gasteiger partial charge in [0.25, 0.3) is 5.91 Å². The molecule has 0 atom stereocenters. The minimum atomic E-state index is -0.713. The number of carbonyl (C=O) groups is 1. The van der Waals surface area contributed by atoms with Crippen molar-refractivity contribution in [2.45, 2.75) is 13.8 Å². The highest BCUT2D eigenvalue weighted by Gasteiger charge is 2.15. The van der Waals surface area contributed by atoms with Crippen molar-refractivity contribution in [3.05, 3.63) is 63.8 Å². The molecule has 0 aliphatic carbocycles. The van der Waals surface area contributed by atoms with Crippen LogP contribution in [0.3, 0.4) is 0 Å². The van der Waals surface area contributed by atoms with Gasteiger partial charge in [-0.05, 0) is 19.9 Å². The van der Waals surface area contributed by atoms with E-state index in [0.717, 1.165) is 10.9 Å². The number of aromatic nitrogens is 1. The van der Waals surface area contributed by atoms with E-state index in [-0.39, 0.29) is 22.8 Å². The lowest BCUT2D eigenvalue weighted by Gasteiger charge is -2.04. The molecule has 1 amide bonds. The topological polar surface area (TPSA) is 108 Å². The van der Waals surface area contributed by atoms with Crippen molar-refractivity contribution in [3.63, 3.8) is 0 Å². The number of nitrogens with one attached hydrogen (secondary N) is 2. The molecule has 7 nitrogen and oxygen atoms in total. The van der Waals surface area contributed by atoms with Crippen LogP contribution in [0.25, 0.3) is 10.9 Å². The first-order valence-electron chi connectivity index (χ1n) is 7.22. The highest BCUT2D eigenvalue weighted by atomic mass is 16.4. The summed E-state index contributed by atoms with van der Waals surface area (Å²) < 4.78 is 4.93. The molecule has 3 rings (SSSR count). The van der Waals surface area contributed by atoms with Crippen molar-refractivity contribution in [1.29, 1.82) is 0 Å². The third-order valence-electron chi connectivity index (χ3n) is 3.57. The summed E-state index contributed by atoms with van der Waals surface area (Å²) in [6.07, 6.45) is 1.59. The molecule has 0 spiro atoms. The number of aromatic hydroxyl groups is 1. The third kappa shape index (κ3) is 2.79. The lowest BCUT2D eigenvalue weighted by atomic mass is 10.1. The number of hydrogen-bond donors (Lipinski definition) is 3. The van der Waals surface area contributed by atoms with Gasteiger partial charge in [-0.25, -0.2) is 10.2 Å². The first-order chi connectivity index (χ1) is 11.5. The van der Waals surface area contributed by atoms with Crippen LogP contribution < -0.4 is 11.1 Å². The van der Waals surface area contributed by atoms with Gasteiger partial charge in [0.05, 0.1) is 11.3 Å². The Morgan fingerprint density at radius 1 is 1.33 bits per heavy atom. The summed E-state index contributed by atoms with van der Waals surface area (Å²) in [6.45, 7) is 3.05. The van der Waals surface area contributed by atoms with Crippen LogP contribution in [-0.4, -0.2) is 21.7 Å². The van der Waals surface area contributed by atoms with Gasteiger partial charge in [-0.1, -0.05) is 18.2 Å². The summed E-state index contributed by atoms with van der Waals surface area (Å²) in [5.74, 6) is -0.383. The number of aryl methyl sites for hydroxylation is 1. The fourth-order valence-corrected chi connectivity index (χ4v) is 2.44. The van der Waals surface area contributed by atoms with E-state index in [9.17, 15) is 14.7 Å². The van der Waals surface area contributed by atoms with Gasteiger partial charge in [0.1, 0.15) is 17.1 Å². The van der Waals surface area contributed by atoms with Crippen LogP contribution in [0.2, 0.25) is 0 Å². The third-order valence-corrected chi connectivity index (χ3v) is 3.57. The van der Waals surface area contributed by atoms with E-state index < -0.39 is 11.5 Å². The molecule has 7 heteroatoms. The van der Waals surface area contributed by atoms with E-state index in [0.29, 0.717) is 5.56 Å². The SMILES string of the molecule is CC(=NNC(=O)c1c[nH]c2ccccc12)c1c(O)cc(C)oc1=O. The number of carbonyl (C=O) groups excluding carboxylic acids is 1. The maximum absolute atomic E-state index is 12.3. The predicted molar refractivity (Wildman–Crippen MR) is 89.4 cm³/mol. The summed E-state index contributed by atoms with van der Waals surface area (Å²) >= 11 is 0. The highest BCUT2D eigenvalue weighted by Crippen LogP contribution is 2.18. The van der Waals surface area contributed by atoms with Crippen LogP contribution >= 0.6 is 0 Å². The van der Waals surface area contributed by atoms with Crippen molar-refractivity contribution in [2.75, 3.05) is 0 Å². The maximum atomic E-state index is 12.3. The van der Waals surface area contributed by atoms with Gasteiger partial charge in [0.15, 0.2) is 0 Å². The Hall–Kier alpha value is -3.35. The normalized spacial score (nSPS) is 11.7. The molecule has 0 radical (unpaired) electrons. The quantitative estimate of drug-likeness (QED) is 0.507. The first-order valence-corrected chi connectivity index (χ1v) is 7.22. The molecule has 2 heterocycles. The monoisotopic (exact) mass is 325 g/mol. The number of amides is 1. The zero-order valence-electron chi connectivity index (χ0n) is 13.1. The van der Waals surface area contributed by atoms with Crippen molar-refractivity contribution in [2.24, 2.45) is 5.10 Å². The second-order valence-corrected chi connectivity index (χ2v) is 5.29. The van der Waals surface area contributed by atoms with E-state index >= 15 is 0 Å². The second-order valence-electron chi connectivity index (χ2n) is 5.29. The Morgan fingerprint density at radius 3 is 2.83 bits per heavy atom. The predicted octanol–water partition coefficient (Wildman–Crippen LogP) is 2.29. The molecule has 3 N–H and O–H groups in total. The van der Waals surface area contributed by atoms with Gasteiger partial charge in [-0.3, -0.25) is 4.79 Å². The fourth-order valence-electron chi connectivity index (χ4n) is 2.44. The smallest absolute Gasteiger partial charge is 0.348 e. The van der Waals surface area contributed by atoms with E-state index in [4.69, 9.17) is 4.42 Å². The van der Waals surface area contributed by atoms with Crippen LogP contribution in [-0.2, 0) is 0 Å². The summed E-state index contributed by atoms with van der Waals surface area (Å²) in [5.41, 5.74) is 3.00. The zero-order valence-corrected chi connectivity index (χ0v) is 13.1. The molecule has 0 unspecified atom stereocenters. The van der Waals surface area contributed by atoms with Gasteiger partial charge in [0.2, 0.25) is 0 Å². The molecule has 0 saturated heterocycles. The molecule has 2 aromatic heterocycles. The van der Waals surface area contributed by atoms with Crippen molar-refractivity contribution in [1.82, 2.24) is 10.4 Å². The molecule has 0 aliphatic rings. The fraction of sp³-hybridized carbons (Fsp3) is 0.118. The Balaban J connectivity index is 1.88. The van der Waals surface area contributed by atoms with E-state index in [1.54, 1.807) is 13.1 Å². The van der Waals surface area contributed by atoms with Gasteiger partial charge in [-0.15, -0.1) is 0 Å². The van der Waals surface area contributed by atoms with Gasteiger partial charge in [-0.2, -0.15) is 5.10 Å². The van der Waals surface area contributed by atoms with Crippen LogP contribution in [0.15, 0.2) is 50.8 Å². The average Bonchev–Trinajstić information content (AvgIpc) is 2.95. The number of para-hydroxylation sites is 1. The number of H-pyrrole nitrogens is 1. The van der Waals surface area contributed by atoms with Crippen LogP contribution in [0.5, 0.6) is 5.75 Å². The average molecular weight is 325 g/mol. The Bertz CT molecular complexity index is 1010. The molecular weight excluding hydrogens is 310 g/mol. The number of rotatable bonds is 3. The van der Waals surface area contributed by atoms with E-state index in [2.05, 4.69) is 15.5 Å². The van der Waals surface area contributed by atoms with Gasteiger partial charge in [0, 0.05) is 23.2 Å². The Morgan fingerprint density at radius 2 is 2.08 bits per heavy atom. The Kier molecular flexibility index (Phi) is 3.91. The summed E-state index contributed by atoms with van der Waals surface area (Å²) in [5, 5.41) is 14.5. The summed E-state index contributed by atoms with van der Waals surface area (Å²) in [4.78, 5) is 27.1. The largest absolute Gasteiger partial charge is 0.507 e. The minimum Gasteiger partial charge on any atom is -0.507 e. The highest BCUT2D eigenvalue weighted by molar-refractivity contribution is 6.07. The minimum absolute atomic E-state index is 0.0835. The molecule has 0 fully saturated rings. The molecule has 0 saturated carbocycles. The molecule has 3 aromatic rings. The van der Waals surface area contributed by atoms with Crippen molar-refractivity contribution in [3.8, 4) is 5.75 Å². The number of aromatic amines is 1. The van der Waals surface area contributed by atoms with Crippen molar-refractivity contribution < 1.29 is 14.3 Å². The van der Waals surface area contributed by atoms with E-state index in [1.165, 1.54) is 13.0 Å². The molecule has 0 aliphatic heterocycles. The number of benzene rings is 1.